The lowest BCUT2D eigenvalue weighted by molar-refractivity contribution is 0.0746. The third kappa shape index (κ3) is 5.61. The van der Waals surface area contributed by atoms with Crippen molar-refractivity contribution in [3.05, 3.63) is 35.1 Å². The van der Waals surface area contributed by atoms with Gasteiger partial charge in [-0.25, -0.2) is 13.2 Å². The molecule has 0 saturated carbocycles. The molecular formula is C14H16F3NO2. The van der Waals surface area contributed by atoms with E-state index in [-0.39, 0.29) is 31.9 Å². The second-order valence-corrected chi connectivity index (χ2v) is 4.12. The Morgan fingerprint density at radius 3 is 2.60 bits per heavy atom. The summed E-state index contributed by atoms with van der Waals surface area (Å²) in [5.41, 5.74) is 0.722. The molecule has 1 aromatic rings. The Morgan fingerprint density at radius 2 is 2.00 bits per heavy atom. The third-order valence-corrected chi connectivity index (χ3v) is 2.55. The van der Waals surface area contributed by atoms with Crippen molar-refractivity contribution in [2.75, 3.05) is 26.3 Å². The maximum absolute atomic E-state index is 13.4. The molecule has 0 fully saturated rings. The van der Waals surface area contributed by atoms with Gasteiger partial charge in [-0.2, -0.15) is 0 Å². The number of benzene rings is 1. The number of hydrogen-bond donors (Lipinski definition) is 2. The van der Waals surface area contributed by atoms with Gasteiger partial charge in [-0.3, -0.25) is 4.90 Å². The number of rotatable bonds is 6. The topological polar surface area (TPSA) is 43.7 Å². The van der Waals surface area contributed by atoms with E-state index in [2.05, 4.69) is 11.8 Å². The summed E-state index contributed by atoms with van der Waals surface area (Å²) in [6.07, 6.45) is -2.50. The van der Waals surface area contributed by atoms with E-state index in [9.17, 15) is 13.2 Å². The Morgan fingerprint density at radius 1 is 1.25 bits per heavy atom. The lowest BCUT2D eigenvalue weighted by atomic mass is 10.1. The monoisotopic (exact) mass is 287 g/mol. The molecule has 1 rings (SSSR count). The molecular weight excluding hydrogens is 271 g/mol. The molecule has 0 radical (unpaired) electrons. The van der Waals surface area contributed by atoms with Crippen LogP contribution in [-0.2, 0) is 6.54 Å². The number of aliphatic hydroxyl groups excluding tert-OH is 2. The molecule has 20 heavy (non-hydrogen) atoms. The molecule has 0 bridgehead atoms. The molecule has 0 unspecified atom stereocenters. The number of alkyl halides is 2. The summed E-state index contributed by atoms with van der Waals surface area (Å²) in [6, 6.07) is 4.14. The Bertz CT molecular complexity index is 483. The first-order valence-corrected chi connectivity index (χ1v) is 6.06. The van der Waals surface area contributed by atoms with Crippen molar-refractivity contribution in [1.29, 1.82) is 0 Å². The van der Waals surface area contributed by atoms with Gasteiger partial charge in [-0.15, -0.1) is 0 Å². The Kier molecular flexibility index (Phi) is 7.09. The fourth-order valence-electron chi connectivity index (χ4n) is 1.73. The molecule has 0 heterocycles. The average molecular weight is 287 g/mol. The van der Waals surface area contributed by atoms with Crippen LogP contribution in [0.4, 0.5) is 13.2 Å². The summed E-state index contributed by atoms with van der Waals surface area (Å²) in [5, 5.41) is 17.4. The molecule has 0 aliphatic heterocycles. The summed E-state index contributed by atoms with van der Waals surface area (Å²) in [5.74, 6) is 4.26. The van der Waals surface area contributed by atoms with Crippen LogP contribution in [0.5, 0.6) is 0 Å². The fraction of sp³-hybridized carbons (Fsp3) is 0.429. The van der Waals surface area contributed by atoms with Crippen molar-refractivity contribution in [2.45, 2.75) is 13.0 Å². The van der Waals surface area contributed by atoms with Gasteiger partial charge < -0.3 is 10.2 Å². The van der Waals surface area contributed by atoms with Crippen LogP contribution in [0.1, 0.15) is 11.1 Å². The average Bonchev–Trinajstić information content (AvgIpc) is 2.39. The lowest BCUT2D eigenvalue weighted by Gasteiger charge is -2.20. The molecule has 110 valence electrons. The van der Waals surface area contributed by atoms with E-state index in [1.54, 1.807) is 0 Å². The molecule has 0 atom stereocenters. The van der Waals surface area contributed by atoms with Crippen LogP contribution < -0.4 is 0 Å². The van der Waals surface area contributed by atoms with Crippen LogP contribution in [-0.4, -0.2) is 47.8 Å². The summed E-state index contributed by atoms with van der Waals surface area (Å²) < 4.78 is 38.2. The van der Waals surface area contributed by atoms with Crippen LogP contribution in [0.15, 0.2) is 18.2 Å². The summed E-state index contributed by atoms with van der Waals surface area (Å²) in [7, 11) is 0. The highest BCUT2D eigenvalue weighted by Gasteiger charge is 2.12. The minimum Gasteiger partial charge on any atom is -0.395 e. The van der Waals surface area contributed by atoms with E-state index in [4.69, 9.17) is 10.2 Å². The fourth-order valence-corrected chi connectivity index (χ4v) is 1.73. The van der Waals surface area contributed by atoms with Gasteiger partial charge in [0.25, 0.3) is 6.43 Å². The van der Waals surface area contributed by atoms with Crippen molar-refractivity contribution in [3.8, 4) is 11.8 Å². The van der Waals surface area contributed by atoms with Gasteiger partial charge in [0.15, 0.2) is 0 Å². The first-order chi connectivity index (χ1) is 9.56. The zero-order chi connectivity index (χ0) is 15.0. The van der Waals surface area contributed by atoms with Crippen molar-refractivity contribution < 1.29 is 23.4 Å². The second kappa shape index (κ2) is 8.59. The van der Waals surface area contributed by atoms with E-state index < -0.39 is 18.8 Å². The van der Waals surface area contributed by atoms with Crippen LogP contribution in [0.25, 0.3) is 0 Å². The summed E-state index contributed by atoms with van der Waals surface area (Å²) in [4.78, 5) is 1.38. The number of halogens is 3. The zero-order valence-corrected chi connectivity index (χ0v) is 10.8. The van der Waals surface area contributed by atoms with Gasteiger partial charge >= 0.3 is 0 Å². The first-order valence-electron chi connectivity index (χ1n) is 6.06. The quantitative estimate of drug-likeness (QED) is 0.773. The third-order valence-electron chi connectivity index (χ3n) is 2.55. The number of aliphatic hydroxyl groups is 2. The van der Waals surface area contributed by atoms with Gasteiger partial charge in [-0.1, -0.05) is 17.9 Å². The van der Waals surface area contributed by atoms with Gasteiger partial charge in [0.1, 0.15) is 12.4 Å². The van der Waals surface area contributed by atoms with Gasteiger partial charge in [-0.05, 0) is 17.7 Å². The molecule has 2 N–H and O–H groups in total. The molecule has 3 nitrogen and oxygen atoms in total. The van der Waals surface area contributed by atoms with E-state index in [1.165, 1.54) is 23.1 Å². The largest absolute Gasteiger partial charge is 0.395 e. The summed E-state index contributed by atoms with van der Waals surface area (Å²) >= 11 is 0. The van der Waals surface area contributed by atoms with Crippen LogP contribution >= 0.6 is 0 Å². The van der Waals surface area contributed by atoms with Gasteiger partial charge in [0.2, 0.25) is 0 Å². The Hall–Kier alpha value is -1.55. The minimum atomic E-state index is -2.50. The molecule has 0 aliphatic rings. The number of nitrogens with zero attached hydrogens (tertiary/aromatic N) is 1. The molecule has 6 heteroatoms. The van der Waals surface area contributed by atoms with Crippen molar-refractivity contribution in [3.63, 3.8) is 0 Å². The molecule has 0 aliphatic carbocycles. The van der Waals surface area contributed by atoms with E-state index >= 15 is 0 Å². The predicted molar refractivity (Wildman–Crippen MR) is 68.7 cm³/mol. The highest BCUT2D eigenvalue weighted by atomic mass is 19.3. The van der Waals surface area contributed by atoms with E-state index in [1.807, 2.05) is 0 Å². The van der Waals surface area contributed by atoms with E-state index in [0.29, 0.717) is 5.56 Å². The standard InChI is InChI=1S/C14H16F3NO2/c15-13-4-3-11(8-12(13)2-1-6-19)9-18(5-7-20)10-14(16)17/h3-4,8,14,19-20H,5-7,9-10H2. The zero-order valence-electron chi connectivity index (χ0n) is 10.8. The van der Waals surface area contributed by atoms with Crippen LogP contribution in [0.2, 0.25) is 0 Å². The van der Waals surface area contributed by atoms with Crippen molar-refractivity contribution in [2.24, 2.45) is 0 Å². The lowest BCUT2D eigenvalue weighted by Crippen LogP contribution is -2.31. The summed E-state index contributed by atoms with van der Waals surface area (Å²) in [6.45, 7) is -0.801. The predicted octanol–water partition coefficient (Wildman–Crippen LogP) is 1.23. The number of hydrogen-bond acceptors (Lipinski definition) is 3. The smallest absolute Gasteiger partial charge is 0.251 e. The molecule has 0 spiro atoms. The van der Waals surface area contributed by atoms with Gasteiger partial charge in [0.05, 0.1) is 18.7 Å². The minimum absolute atomic E-state index is 0.109. The first kappa shape index (κ1) is 16.5. The van der Waals surface area contributed by atoms with E-state index in [0.717, 1.165) is 0 Å². The SMILES string of the molecule is OCC#Cc1cc(CN(CCO)CC(F)F)ccc1F. The molecule has 0 amide bonds. The molecule has 0 aromatic heterocycles. The molecule has 1 aromatic carbocycles. The Labute approximate surface area is 115 Å². The Balaban J connectivity index is 2.84. The highest BCUT2D eigenvalue weighted by molar-refractivity contribution is 5.38. The van der Waals surface area contributed by atoms with Crippen molar-refractivity contribution in [1.82, 2.24) is 4.90 Å². The maximum Gasteiger partial charge on any atom is 0.251 e. The second-order valence-electron chi connectivity index (χ2n) is 4.12. The highest BCUT2D eigenvalue weighted by Crippen LogP contribution is 2.12. The van der Waals surface area contributed by atoms with Crippen molar-refractivity contribution >= 4 is 0 Å². The van der Waals surface area contributed by atoms with Gasteiger partial charge in [0, 0.05) is 13.1 Å². The van der Waals surface area contributed by atoms with Crippen LogP contribution in [0, 0.1) is 17.7 Å². The maximum atomic E-state index is 13.4. The molecule has 0 saturated heterocycles. The normalized spacial score (nSPS) is 10.8. The van der Waals surface area contributed by atoms with Crippen LogP contribution in [0.3, 0.4) is 0 Å².